The van der Waals surface area contributed by atoms with Gasteiger partial charge in [-0.3, -0.25) is 9.69 Å². The molecular formula is C22H28N2O3S. The Balaban J connectivity index is 1.85. The number of rotatable bonds is 5. The highest BCUT2D eigenvalue weighted by molar-refractivity contribution is 7.15. The predicted octanol–water partition coefficient (Wildman–Crippen LogP) is 4.63. The van der Waals surface area contributed by atoms with E-state index in [1.54, 1.807) is 0 Å². The smallest absolute Gasteiger partial charge is 0.341 e. The third-order valence-electron chi connectivity index (χ3n) is 5.18. The molecule has 1 saturated heterocycles. The van der Waals surface area contributed by atoms with Crippen LogP contribution in [0.4, 0.5) is 5.00 Å². The van der Waals surface area contributed by atoms with E-state index in [0.29, 0.717) is 17.1 Å². The number of esters is 1. The second kappa shape index (κ2) is 9.34. The highest BCUT2D eigenvalue weighted by atomic mass is 32.1. The van der Waals surface area contributed by atoms with Crippen molar-refractivity contribution in [1.82, 2.24) is 4.90 Å². The Morgan fingerprint density at radius 2 is 1.82 bits per heavy atom. The molecule has 2 aromatic rings. The Bertz CT molecular complexity index is 851. The average molecular weight is 401 g/mol. The van der Waals surface area contributed by atoms with E-state index in [0.717, 1.165) is 48.2 Å². The van der Waals surface area contributed by atoms with Gasteiger partial charge in [-0.05, 0) is 50.9 Å². The van der Waals surface area contributed by atoms with Crippen molar-refractivity contribution in [2.75, 3.05) is 32.1 Å². The van der Waals surface area contributed by atoms with Crippen molar-refractivity contribution in [1.29, 1.82) is 0 Å². The van der Waals surface area contributed by atoms with E-state index < -0.39 is 5.97 Å². The number of carbonyl (C=O) groups excluding carboxylic acids is 2. The van der Waals surface area contributed by atoms with E-state index in [9.17, 15) is 9.59 Å². The highest BCUT2D eigenvalue weighted by Crippen LogP contribution is 2.38. The molecule has 1 aliphatic rings. The van der Waals surface area contributed by atoms with Crippen molar-refractivity contribution in [3.8, 4) is 11.1 Å². The van der Waals surface area contributed by atoms with Crippen LogP contribution < -0.4 is 5.32 Å². The number of ether oxygens (including phenoxy) is 1. The number of aryl methyl sites for hydroxylation is 2. The number of likely N-dealkylation sites (tertiary alicyclic amines) is 1. The van der Waals surface area contributed by atoms with Gasteiger partial charge in [-0.25, -0.2) is 4.79 Å². The van der Waals surface area contributed by atoms with Crippen molar-refractivity contribution >= 4 is 28.2 Å². The summed E-state index contributed by atoms with van der Waals surface area (Å²) >= 11 is 1.37. The molecule has 0 radical (unpaired) electrons. The molecule has 1 aromatic heterocycles. The number of anilines is 1. The number of nitrogens with one attached hydrogen (secondary N) is 1. The van der Waals surface area contributed by atoms with E-state index in [1.165, 1.54) is 31.3 Å². The van der Waals surface area contributed by atoms with E-state index in [1.807, 2.05) is 31.4 Å². The van der Waals surface area contributed by atoms with Crippen LogP contribution in [0.25, 0.3) is 11.1 Å². The summed E-state index contributed by atoms with van der Waals surface area (Å²) < 4.78 is 5.02. The van der Waals surface area contributed by atoms with E-state index in [-0.39, 0.29) is 5.91 Å². The van der Waals surface area contributed by atoms with Crippen molar-refractivity contribution < 1.29 is 14.3 Å². The SMILES string of the molecule is COC(=O)c1c(-c2cc(C)ccc2C)csc1NC(=O)CN1CCCCCC1. The molecule has 28 heavy (non-hydrogen) atoms. The van der Waals surface area contributed by atoms with Crippen LogP contribution in [-0.4, -0.2) is 43.5 Å². The molecule has 1 amide bonds. The summed E-state index contributed by atoms with van der Waals surface area (Å²) in [7, 11) is 1.37. The Kier molecular flexibility index (Phi) is 6.86. The summed E-state index contributed by atoms with van der Waals surface area (Å²) in [5.41, 5.74) is 4.43. The first-order chi connectivity index (χ1) is 13.5. The fraction of sp³-hybridized carbons (Fsp3) is 0.455. The summed E-state index contributed by atoms with van der Waals surface area (Å²) in [5.74, 6) is -0.511. The Hall–Kier alpha value is -2.18. The number of thiophene rings is 1. The fourth-order valence-electron chi connectivity index (χ4n) is 3.64. The maximum atomic E-state index is 12.6. The summed E-state index contributed by atoms with van der Waals surface area (Å²) in [4.78, 5) is 27.3. The van der Waals surface area contributed by atoms with Crippen LogP contribution in [0.2, 0.25) is 0 Å². The third-order valence-corrected chi connectivity index (χ3v) is 6.08. The van der Waals surface area contributed by atoms with E-state index in [2.05, 4.69) is 16.3 Å². The van der Waals surface area contributed by atoms with Gasteiger partial charge in [-0.1, -0.05) is 36.6 Å². The molecule has 1 fully saturated rings. The van der Waals surface area contributed by atoms with E-state index in [4.69, 9.17) is 4.74 Å². The lowest BCUT2D eigenvalue weighted by Gasteiger charge is -2.19. The minimum atomic E-state index is -0.428. The molecule has 3 rings (SSSR count). The zero-order valence-electron chi connectivity index (χ0n) is 16.8. The largest absolute Gasteiger partial charge is 0.465 e. The normalized spacial score (nSPS) is 15.1. The van der Waals surface area contributed by atoms with Crippen LogP contribution in [-0.2, 0) is 9.53 Å². The van der Waals surface area contributed by atoms with Gasteiger partial charge in [-0.2, -0.15) is 0 Å². The number of nitrogens with zero attached hydrogens (tertiary/aromatic N) is 1. The maximum Gasteiger partial charge on any atom is 0.341 e. The molecule has 1 aromatic carbocycles. The molecule has 2 heterocycles. The van der Waals surface area contributed by atoms with Crippen LogP contribution in [0, 0.1) is 13.8 Å². The topological polar surface area (TPSA) is 58.6 Å². The lowest BCUT2D eigenvalue weighted by Crippen LogP contribution is -2.34. The molecule has 5 nitrogen and oxygen atoms in total. The fourth-order valence-corrected chi connectivity index (χ4v) is 4.61. The molecule has 0 saturated carbocycles. The summed E-state index contributed by atoms with van der Waals surface area (Å²) in [6.07, 6.45) is 4.73. The molecule has 1 N–H and O–H groups in total. The van der Waals surface area contributed by atoms with Crippen LogP contribution in [0.15, 0.2) is 23.6 Å². The van der Waals surface area contributed by atoms with Gasteiger partial charge < -0.3 is 10.1 Å². The minimum absolute atomic E-state index is 0.0820. The number of methoxy groups -OCH3 is 1. The van der Waals surface area contributed by atoms with Crippen LogP contribution in [0.5, 0.6) is 0 Å². The Morgan fingerprint density at radius 1 is 1.11 bits per heavy atom. The number of amides is 1. The lowest BCUT2D eigenvalue weighted by atomic mass is 9.97. The standard InChI is InChI=1S/C22H28N2O3S/c1-15-8-9-16(2)17(12-15)18-14-28-21(20(18)22(26)27-3)23-19(25)13-24-10-6-4-5-7-11-24/h8-9,12,14H,4-7,10-11,13H2,1-3H3,(H,23,25). The van der Waals surface area contributed by atoms with Crippen molar-refractivity contribution in [2.24, 2.45) is 0 Å². The first kappa shape index (κ1) is 20.6. The number of hydrogen-bond acceptors (Lipinski definition) is 5. The molecule has 0 spiro atoms. The molecular weight excluding hydrogens is 372 g/mol. The van der Waals surface area contributed by atoms with Gasteiger partial charge in [0.05, 0.1) is 13.7 Å². The Morgan fingerprint density at radius 3 is 2.50 bits per heavy atom. The van der Waals surface area contributed by atoms with Crippen molar-refractivity contribution in [2.45, 2.75) is 39.5 Å². The van der Waals surface area contributed by atoms with Gasteiger partial charge in [0.25, 0.3) is 0 Å². The quantitative estimate of drug-likeness (QED) is 0.743. The molecule has 0 unspecified atom stereocenters. The third kappa shape index (κ3) is 4.80. The van der Waals surface area contributed by atoms with Gasteiger partial charge in [0, 0.05) is 10.9 Å². The van der Waals surface area contributed by atoms with Crippen LogP contribution >= 0.6 is 11.3 Å². The molecule has 0 aliphatic carbocycles. The van der Waals surface area contributed by atoms with Gasteiger partial charge in [0.15, 0.2) is 0 Å². The number of carbonyl (C=O) groups is 2. The second-order valence-electron chi connectivity index (χ2n) is 7.40. The summed E-state index contributed by atoms with van der Waals surface area (Å²) in [6, 6.07) is 6.15. The highest BCUT2D eigenvalue weighted by Gasteiger charge is 2.24. The minimum Gasteiger partial charge on any atom is -0.465 e. The zero-order valence-corrected chi connectivity index (χ0v) is 17.7. The maximum absolute atomic E-state index is 12.6. The molecule has 0 bridgehead atoms. The zero-order chi connectivity index (χ0) is 20.1. The lowest BCUT2D eigenvalue weighted by molar-refractivity contribution is -0.117. The van der Waals surface area contributed by atoms with Crippen molar-refractivity contribution in [3.05, 3.63) is 40.3 Å². The molecule has 150 valence electrons. The van der Waals surface area contributed by atoms with E-state index >= 15 is 0 Å². The second-order valence-corrected chi connectivity index (χ2v) is 8.28. The van der Waals surface area contributed by atoms with Gasteiger partial charge in [-0.15, -0.1) is 11.3 Å². The van der Waals surface area contributed by atoms with Gasteiger partial charge >= 0.3 is 5.97 Å². The van der Waals surface area contributed by atoms with Crippen molar-refractivity contribution in [3.63, 3.8) is 0 Å². The monoisotopic (exact) mass is 400 g/mol. The van der Waals surface area contributed by atoms with Gasteiger partial charge in [0.1, 0.15) is 10.6 Å². The Labute approximate surface area is 170 Å². The summed E-state index contributed by atoms with van der Waals surface area (Å²) in [5, 5.41) is 5.44. The predicted molar refractivity (Wildman–Crippen MR) is 114 cm³/mol. The molecule has 6 heteroatoms. The molecule has 0 atom stereocenters. The van der Waals surface area contributed by atoms with Crippen LogP contribution in [0.1, 0.15) is 47.2 Å². The number of hydrogen-bond donors (Lipinski definition) is 1. The average Bonchev–Trinajstić information content (AvgIpc) is 2.90. The first-order valence-corrected chi connectivity index (χ1v) is 10.7. The van der Waals surface area contributed by atoms with Gasteiger partial charge in [0.2, 0.25) is 5.91 Å². The van der Waals surface area contributed by atoms with Crippen LogP contribution in [0.3, 0.4) is 0 Å². The first-order valence-electron chi connectivity index (χ1n) is 9.79. The summed E-state index contributed by atoms with van der Waals surface area (Å²) in [6.45, 7) is 6.31. The number of benzene rings is 1. The molecule has 1 aliphatic heterocycles.